The zero-order valence-electron chi connectivity index (χ0n) is 18.5. The van der Waals surface area contributed by atoms with E-state index in [0.29, 0.717) is 17.7 Å². The van der Waals surface area contributed by atoms with Crippen LogP contribution < -0.4 is 0 Å². The van der Waals surface area contributed by atoms with Crippen LogP contribution >= 0.6 is 0 Å². The van der Waals surface area contributed by atoms with E-state index in [-0.39, 0.29) is 5.97 Å². The summed E-state index contributed by atoms with van der Waals surface area (Å²) in [4.78, 5) is 25.1. The van der Waals surface area contributed by atoms with Crippen LogP contribution in [0.2, 0.25) is 0 Å². The Labute approximate surface area is 179 Å². The number of hydrogen-bond donors (Lipinski definition) is 0. The highest BCUT2D eigenvalue weighted by Gasteiger charge is 2.26. The van der Waals surface area contributed by atoms with Crippen molar-refractivity contribution in [3.8, 4) is 0 Å². The first kappa shape index (κ1) is 22.1. The van der Waals surface area contributed by atoms with Gasteiger partial charge in [-0.3, -0.25) is 4.79 Å². The molecule has 0 saturated heterocycles. The number of aryl methyl sites for hydroxylation is 1. The molecule has 0 unspecified atom stereocenters. The molecule has 0 aliphatic rings. The van der Waals surface area contributed by atoms with E-state index in [1.54, 1.807) is 0 Å². The van der Waals surface area contributed by atoms with Gasteiger partial charge in [0, 0.05) is 16.6 Å². The van der Waals surface area contributed by atoms with Gasteiger partial charge in [0.15, 0.2) is 6.29 Å². The van der Waals surface area contributed by atoms with Crippen molar-refractivity contribution in [1.82, 2.24) is 4.40 Å². The first-order chi connectivity index (χ1) is 14.7. The number of aldehydes is 1. The smallest absolute Gasteiger partial charge is 0.355 e. The summed E-state index contributed by atoms with van der Waals surface area (Å²) < 4.78 is 7.19. The van der Waals surface area contributed by atoms with Crippen LogP contribution in [-0.2, 0) is 17.6 Å². The number of aromatic nitrogens is 1. The summed E-state index contributed by atoms with van der Waals surface area (Å²) in [5.41, 5.74) is 3.90. The van der Waals surface area contributed by atoms with Gasteiger partial charge in [-0.15, -0.1) is 0 Å². The standard InChI is InChI=1S/C26H33NO3/c1-4-6-8-9-10-14-20-17-19-13-11-12-16-21(19)24-23(18-28)22(15-7-5-2)25(27(20)24)26(29)30-3/h11-13,16-18H,4-10,14-15H2,1-3H3. The Morgan fingerprint density at radius 2 is 1.73 bits per heavy atom. The van der Waals surface area contributed by atoms with E-state index in [9.17, 15) is 9.59 Å². The molecule has 0 aliphatic carbocycles. The Hall–Kier alpha value is -2.62. The van der Waals surface area contributed by atoms with Gasteiger partial charge in [0.1, 0.15) is 5.69 Å². The molecule has 1 aromatic carbocycles. The number of rotatable bonds is 11. The Morgan fingerprint density at radius 1 is 1.00 bits per heavy atom. The van der Waals surface area contributed by atoms with Gasteiger partial charge >= 0.3 is 5.97 Å². The summed E-state index contributed by atoms with van der Waals surface area (Å²) in [5, 5.41) is 2.11. The van der Waals surface area contributed by atoms with Crippen LogP contribution in [0.3, 0.4) is 0 Å². The van der Waals surface area contributed by atoms with Gasteiger partial charge in [-0.05, 0) is 42.7 Å². The molecule has 30 heavy (non-hydrogen) atoms. The van der Waals surface area contributed by atoms with Crippen molar-refractivity contribution in [1.29, 1.82) is 0 Å². The number of unbranched alkanes of at least 4 members (excludes halogenated alkanes) is 5. The van der Waals surface area contributed by atoms with Crippen LogP contribution in [0.4, 0.5) is 0 Å². The SMILES string of the molecule is CCCCCCCc1cc2ccccc2c2c(C=O)c(CCCC)c(C(=O)OC)n12. The fourth-order valence-electron chi connectivity index (χ4n) is 4.41. The zero-order valence-corrected chi connectivity index (χ0v) is 18.5. The van der Waals surface area contributed by atoms with Gasteiger partial charge in [0.05, 0.1) is 12.6 Å². The molecule has 0 aliphatic heterocycles. The molecule has 0 amide bonds. The zero-order chi connectivity index (χ0) is 21.5. The quantitative estimate of drug-likeness (QED) is 0.206. The molecular formula is C26H33NO3. The maximum atomic E-state index is 12.9. The number of hydrogen-bond acceptors (Lipinski definition) is 3. The summed E-state index contributed by atoms with van der Waals surface area (Å²) in [7, 11) is 1.41. The topological polar surface area (TPSA) is 47.8 Å². The first-order valence-corrected chi connectivity index (χ1v) is 11.3. The van der Waals surface area contributed by atoms with Crippen molar-refractivity contribution in [2.75, 3.05) is 7.11 Å². The van der Waals surface area contributed by atoms with E-state index in [2.05, 4.69) is 26.0 Å². The molecule has 2 aromatic heterocycles. The highest BCUT2D eigenvalue weighted by Crippen LogP contribution is 2.33. The van der Waals surface area contributed by atoms with Crippen molar-refractivity contribution in [3.63, 3.8) is 0 Å². The number of pyridine rings is 1. The van der Waals surface area contributed by atoms with Crippen molar-refractivity contribution >= 4 is 28.5 Å². The molecule has 160 valence electrons. The summed E-state index contributed by atoms with van der Waals surface area (Å²) in [6.07, 6.45) is 10.3. The third-order valence-corrected chi connectivity index (χ3v) is 5.95. The Balaban J connectivity index is 2.26. The molecule has 0 bridgehead atoms. The van der Waals surface area contributed by atoms with E-state index >= 15 is 0 Å². The van der Waals surface area contributed by atoms with Gasteiger partial charge in [0.2, 0.25) is 0 Å². The monoisotopic (exact) mass is 407 g/mol. The second kappa shape index (κ2) is 10.4. The Kier molecular flexibility index (Phi) is 7.67. The highest BCUT2D eigenvalue weighted by atomic mass is 16.5. The molecule has 4 nitrogen and oxygen atoms in total. The first-order valence-electron chi connectivity index (χ1n) is 11.3. The lowest BCUT2D eigenvalue weighted by atomic mass is 10.0. The fraction of sp³-hybridized carbons (Fsp3) is 0.462. The second-order valence-electron chi connectivity index (χ2n) is 8.02. The minimum absolute atomic E-state index is 0.369. The van der Waals surface area contributed by atoms with E-state index < -0.39 is 0 Å². The largest absolute Gasteiger partial charge is 0.464 e. The molecule has 4 heteroatoms. The van der Waals surface area contributed by atoms with Gasteiger partial charge in [-0.25, -0.2) is 4.79 Å². The number of fused-ring (bicyclic) bond motifs is 3. The van der Waals surface area contributed by atoms with Crippen LogP contribution in [0.15, 0.2) is 30.3 Å². The number of methoxy groups -OCH3 is 1. The van der Waals surface area contributed by atoms with Gasteiger partial charge in [0.25, 0.3) is 0 Å². The predicted octanol–water partition coefficient (Wildman–Crippen LogP) is 6.55. The third kappa shape index (κ3) is 4.28. The molecule has 0 saturated carbocycles. The molecule has 3 rings (SSSR count). The van der Waals surface area contributed by atoms with Crippen LogP contribution in [0, 0.1) is 0 Å². The Bertz CT molecular complexity index is 1030. The lowest BCUT2D eigenvalue weighted by Gasteiger charge is -2.13. The highest BCUT2D eigenvalue weighted by molar-refractivity contribution is 6.09. The molecule has 3 aromatic rings. The second-order valence-corrected chi connectivity index (χ2v) is 8.02. The predicted molar refractivity (Wildman–Crippen MR) is 123 cm³/mol. The number of ether oxygens (including phenoxy) is 1. The van der Waals surface area contributed by atoms with E-state index in [4.69, 9.17) is 4.74 Å². The number of nitrogens with zero attached hydrogens (tertiary/aromatic N) is 1. The molecule has 0 fully saturated rings. The lowest BCUT2D eigenvalue weighted by molar-refractivity contribution is 0.0591. The summed E-state index contributed by atoms with van der Waals surface area (Å²) in [6.45, 7) is 4.33. The van der Waals surface area contributed by atoms with E-state index in [0.717, 1.165) is 59.5 Å². The Morgan fingerprint density at radius 3 is 2.43 bits per heavy atom. The van der Waals surface area contributed by atoms with Gasteiger partial charge in [-0.2, -0.15) is 0 Å². The van der Waals surface area contributed by atoms with E-state index in [1.165, 1.54) is 32.8 Å². The molecule has 0 atom stereocenters. The normalized spacial score (nSPS) is 11.3. The van der Waals surface area contributed by atoms with Crippen LogP contribution in [0.5, 0.6) is 0 Å². The summed E-state index contributed by atoms with van der Waals surface area (Å²) in [6, 6.07) is 10.3. The van der Waals surface area contributed by atoms with Crippen molar-refractivity contribution < 1.29 is 14.3 Å². The average Bonchev–Trinajstić information content (AvgIpc) is 3.11. The number of esters is 1. The van der Waals surface area contributed by atoms with Crippen molar-refractivity contribution in [2.45, 2.75) is 71.6 Å². The number of carbonyl (C=O) groups excluding carboxylic acids is 2. The maximum absolute atomic E-state index is 12.9. The fourth-order valence-corrected chi connectivity index (χ4v) is 4.41. The lowest BCUT2D eigenvalue weighted by Crippen LogP contribution is -2.11. The van der Waals surface area contributed by atoms with Crippen LogP contribution in [0.1, 0.15) is 90.9 Å². The van der Waals surface area contributed by atoms with E-state index in [1.807, 2.05) is 22.6 Å². The summed E-state index contributed by atoms with van der Waals surface area (Å²) in [5.74, 6) is -0.369. The van der Waals surface area contributed by atoms with Crippen molar-refractivity contribution in [3.05, 3.63) is 52.8 Å². The molecule has 0 spiro atoms. The molecule has 0 N–H and O–H groups in total. The number of benzene rings is 1. The minimum Gasteiger partial charge on any atom is -0.464 e. The average molecular weight is 408 g/mol. The van der Waals surface area contributed by atoms with Gasteiger partial charge < -0.3 is 9.14 Å². The molecule has 2 heterocycles. The maximum Gasteiger partial charge on any atom is 0.355 e. The number of carbonyl (C=O) groups is 2. The third-order valence-electron chi connectivity index (χ3n) is 5.95. The molecule has 0 radical (unpaired) electrons. The van der Waals surface area contributed by atoms with Crippen LogP contribution in [-0.4, -0.2) is 23.8 Å². The summed E-state index contributed by atoms with van der Waals surface area (Å²) >= 11 is 0. The van der Waals surface area contributed by atoms with Gasteiger partial charge in [-0.1, -0.05) is 70.2 Å². The molecular weight excluding hydrogens is 374 g/mol. The van der Waals surface area contributed by atoms with Crippen LogP contribution in [0.25, 0.3) is 16.3 Å². The minimum atomic E-state index is -0.369. The van der Waals surface area contributed by atoms with Crippen molar-refractivity contribution in [2.24, 2.45) is 0 Å².